The zero-order chi connectivity index (χ0) is 40.7. The second-order valence-electron chi connectivity index (χ2n) is 14.3. The zero-order valence-electron chi connectivity index (χ0n) is 30.9. The van der Waals surface area contributed by atoms with Gasteiger partial charge in [-0.2, -0.15) is 0 Å². The fraction of sp³-hybridized carbons (Fsp3) is 0.556. The minimum absolute atomic E-state index is 0.0552. The molecule has 1 unspecified atom stereocenters. The largest absolute Gasteiger partial charge is 0.480 e. The van der Waals surface area contributed by atoms with Gasteiger partial charge >= 0.3 is 5.97 Å². The third kappa shape index (κ3) is 10.8. The standard InChI is InChI=1S/C36H49N7O11S/c1-4-18(3)32-34(50)39-14-31(48)40-25(33(49)41-24(13-29(38)46)35(51)43-15-20(44)11-26(43)36(52)53)16-55(54)28-10-19-9-17(2)5-6-21(19)22(28)12-23(37)27(45)7-8-30(47)42-32/h5-6,9,18,20,23-26,32,44H,4,7-8,10-16,37H2,1-3H3,(H2,38,46)(H,39,50)(H,40,48)(H,41,49)(H,42,47)(H,52,53)/t18-,20+,23-,24-,25-,26-,32-,55?/m0/s1. The van der Waals surface area contributed by atoms with Crippen molar-refractivity contribution in [3.8, 4) is 0 Å². The summed E-state index contributed by atoms with van der Waals surface area (Å²) in [5.41, 5.74) is 14.6. The van der Waals surface area contributed by atoms with Crippen molar-refractivity contribution >= 4 is 63.6 Å². The zero-order valence-corrected chi connectivity index (χ0v) is 31.7. The van der Waals surface area contributed by atoms with Crippen LogP contribution in [-0.2, 0) is 55.6 Å². The molecule has 6 amide bonds. The third-order valence-corrected chi connectivity index (χ3v) is 11.6. The van der Waals surface area contributed by atoms with Crippen LogP contribution in [0, 0.1) is 12.8 Å². The Morgan fingerprint density at radius 3 is 2.45 bits per heavy atom. The first-order valence-corrected chi connectivity index (χ1v) is 19.4. The molecule has 0 aromatic heterocycles. The number of nitrogens with two attached hydrogens (primary N) is 2. The predicted octanol–water partition coefficient (Wildman–Crippen LogP) is -2.37. The van der Waals surface area contributed by atoms with Gasteiger partial charge in [-0.25, -0.2) is 4.79 Å². The van der Waals surface area contributed by atoms with Crippen molar-refractivity contribution in [2.24, 2.45) is 17.4 Å². The van der Waals surface area contributed by atoms with Crippen molar-refractivity contribution in [3.05, 3.63) is 39.8 Å². The number of fused-ring (bicyclic) bond motifs is 2. The Morgan fingerprint density at radius 1 is 1.09 bits per heavy atom. The number of aliphatic carboxylic acids is 1. The molecule has 1 aliphatic carbocycles. The number of carbonyl (C=O) groups excluding carboxylic acids is 7. The van der Waals surface area contributed by atoms with E-state index in [9.17, 15) is 52.8 Å². The molecule has 8 atom stereocenters. The minimum atomic E-state index is -2.05. The topological polar surface area (TPSA) is 297 Å². The molecule has 0 bridgehead atoms. The van der Waals surface area contributed by atoms with E-state index < -0.39 is 120 Å². The summed E-state index contributed by atoms with van der Waals surface area (Å²) >= 11 is 0. The molecule has 0 radical (unpaired) electrons. The Kier molecular flexibility index (Phi) is 14.4. The number of aryl methyl sites for hydroxylation is 1. The first-order valence-electron chi connectivity index (χ1n) is 18.0. The van der Waals surface area contributed by atoms with Crippen LogP contribution in [0.15, 0.2) is 23.1 Å². The van der Waals surface area contributed by atoms with Crippen molar-refractivity contribution in [3.63, 3.8) is 0 Å². The number of carboxylic acids is 1. The van der Waals surface area contributed by atoms with E-state index in [1.54, 1.807) is 13.8 Å². The van der Waals surface area contributed by atoms with Gasteiger partial charge in [-0.3, -0.25) is 37.8 Å². The van der Waals surface area contributed by atoms with Gasteiger partial charge in [0.15, 0.2) is 0 Å². The summed E-state index contributed by atoms with van der Waals surface area (Å²) in [5.74, 6) is -8.16. The number of amides is 6. The van der Waals surface area contributed by atoms with Crippen molar-refractivity contribution < 1.29 is 52.8 Å². The molecule has 1 aromatic carbocycles. The Morgan fingerprint density at radius 2 is 1.80 bits per heavy atom. The summed E-state index contributed by atoms with van der Waals surface area (Å²) in [6.07, 6.45) is -2.16. The number of rotatable bonds is 8. The minimum Gasteiger partial charge on any atom is -0.480 e. The number of benzene rings is 1. The first-order chi connectivity index (χ1) is 25.9. The molecule has 2 heterocycles. The number of Topliss-reactive ketones (excluding diaryl/α,β-unsaturated/α-hetero) is 1. The molecule has 3 aliphatic rings. The monoisotopic (exact) mass is 787 g/mol. The van der Waals surface area contributed by atoms with Gasteiger partial charge in [0.1, 0.15) is 30.0 Å². The number of nitrogens with one attached hydrogen (secondary N) is 4. The summed E-state index contributed by atoms with van der Waals surface area (Å²) in [4.78, 5) is 105. The molecule has 1 aromatic rings. The smallest absolute Gasteiger partial charge is 0.326 e. The number of ketones is 1. The number of primary amides is 1. The van der Waals surface area contributed by atoms with Crippen molar-refractivity contribution in [2.75, 3.05) is 18.8 Å². The molecule has 1 saturated heterocycles. The van der Waals surface area contributed by atoms with Crippen molar-refractivity contribution in [1.82, 2.24) is 26.2 Å². The van der Waals surface area contributed by atoms with E-state index in [1.165, 1.54) is 0 Å². The molecule has 2 aliphatic heterocycles. The summed E-state index contributed by atoms with van der Waals surface area (Å²) in [6, 6.07) is -1.50. The number of hydrogen-bond acceptors (Lipinski definition) is 11. The second-order valence-corrected chi connectivity index (χ2v) is 15.8. The molecule has 1 fully saturated rings. The molecule has 18 nitrogen and oxygen atoms in total. The summed E-state index contributed by atoms with van der Waals surface area (Å²) in [5, 5.41) is 29.6. The highest BCUT2D eigenvalue weighted by atomic mass is 32.2. The van der Waals surface area contributed by atoms with Crippen LogP contribution in [0.4, 0.5) is 0 Å². The van der Waals surface area contributed by atoms with Gasteiger partial charge < -0.3 is 47.8 Å². The Hall–Kier alpha value is -5.01. The fourth-order valence-corrected chi connectivity index (χ4v) is 8.38. The van der Waals surface area contributed by atoms with Crippen LogP contribution in [-0.4, -0.2) is 122 Å². The van der Waals surface area contributed by atoms with E-state index in [2.05, 4.69) is 21.3 Å². The van der Waals surface area contributed by atoms with Gasteiger partial charge in [-0.15, -0.1) is 0 Å². The molecule has 19 heteroatoms. The van der Waals surface area contributed by atoms with Crippen LogP contribution in [0.1, 0.15) is 69.1 Å². The highest BCUT2D eigenvalue weighted by Gasteiger charge is 2.43. The average molecular weight is 788 g/mol. The maximum absolute atomic E-state index is 14.3. The van der Waals surface area contributed by atoms with E-state index >= 15 is 0 Å². The van der Waals surface area contributed by atoms with Crippen molar-refractivity contribution in [2.45, 2.75) is 102 Å². The molecule has 55 heavy (non-hydrogen) atoms. The van der Waals surface area contributed by atoms with E-state index in [0.29, 0.717) is 22.5 Å². The van der Waals surface area contributed by atoms with Crippen LogP contribution < -0.4 is 32.7 Å². The molecular weight excluding hydrogens is 739 g/mol. The number of nitrogens with zero attached hydrogens (tertiary/aromatic N) is 1. The molecular formula is C36H49N7O11S. The number of allylic oxidation sites excluding steroid dienone is 1. The molecule has 4 rings (SSSR count). The van der Waals surface area contributed by atoms with Crippen LogP contribution in [0.5, 0.6) is 0 Å². The number of aliphatic hydroxyl groups is 1. The van der Waals surface area contributed by atoms with Gasteiger partial charge in [0, 0.05) is 37.1 Å². The van der Waals surface area contributed by atoms with Gasteiger partial charge in [-0.05, 0) is 36.0 Å². The molecule has 300 valence electrons. The van der Waals surface area contributed by atoms with Crippen LogP contribution in [0.25, 0.3) is 5.57 Å². The molecule has 0 saturated carbocycles. The lowest BCUT2D eigenvalue weighted by Crippen LogP contribution is -2.58. The second kappa shape index (κ2) is 18.5. The number of hydrogen-bond donors (Lipinski definition) is 8. The maximum atomic E-state index is 14.3. The Labute approximate surface area is 320 Å². The van der Waals surface area contributed by atoms with Gasteiger partial charge in [-0.1, -0.05) is 44.0 Å². The van der Waals surface area contributed by atoms with Gasteiger partial charge in [0.2, 0.25) is 35.4 Å². The van der Waals surface area contributed by atoms with Gasteiger partial charge in [0.05, 0.1) is 41.7 Å². The van der Waals surface area contributed by atoms with E-state index in [-0.39, 0.29) is 38.0 Å². The lowest BCUT2D eigenvalue weighted by molar-refractivity contribution is -0.149. The maximum Gasteiger partial charge on any atom is 0.326 e. The number of likely N-dealkylation sites (tertiary alicyclic amines) is 1. The predicted molar refractivity (Wildman–Crippen MR) is 197 cm³/mol. The van der Waals surface area contributed by atoms with Crippen LogP contribution in [0.3, 0.4) is 0 Å². The van der Waals surface area contributed by atoms with Crippen LogP contribution >= 0.6 is 0 Å². The number of carboxylic acid groups (broad SMARTS) is 1. The van der Waals surface area contributed by atoms with Gasteiger partial charge in [0.25, 0.3) is 0 Å². The summed E-state index contributed by atoms with van der Waals surface area (Å²) < 4.78 is 14.3. The lowest BCUT2D eigenvalue weighted by atomic mass is 9.95. The van der Waals surface area contributed by atoms with E-state index in [4.69, 9.17) is 11.5 Å². The Bertz CT molecular complexity index is 1800. The third-order valence-electron chi connectivity index (χ3n) is 10.1. The quantitative estimate of drug-likeness (QED) is 0.137. The fourth-order valence-electron chi connectivity index (χ4n) is 6.86. The van der Waals surface area contributed by atoms with E-state index in [0.717, 1.165) is 16.0 Å². The first kappa shape index (κ1) is 42.7. The lowest BCUT2D eigenvalue weighted by Gasteiger charge is -2.28. The van der Waals surface area contributed by atoms with E-state index in [1.807, 2.05) is 25.1 Å². The number of carbonyl (C=O) groups is 8. The number of aliphatic hydroxyl groups excluding tert-OH is 1. The Balaban J connectivity index is 1.71. The average Bonchev–Trinajstić information content (AvgIpc) is 3.69. The summed E-state index contributed by atoms with van der Waals surface area (Å²) in [6.45, 7) is 4.30. The van der Waals surface area contributed by atoms with Crippen molar-refractivity contribution in [1.29, 1.82) is 0 Å². The highest BCUT2D eigenvalue weighted by Crippen LogP contribution is 2.38. The SMILES string of the molecule is CC[C@H](C)[C@@H]1NC(=O)CCC(=O)[C@@H](N)CC2=C(Cc3cc(C)ccc32)S(=O)C[C@@H](C(=O)N[C@@H](CC(N)=O)C(=O)N2C[C@H](O)C[C@H]2C(=O)O)NC(=O)CNC1=O. The van der Waals surface area contributed by atoms with Crippen LogP contribution in [0.2, 0.25) is 0 Å². The summed E-state index contributed by atoms with van der Waals surface area (Å²) in [7, 11) is -2.05. The highest BCUT2D eigenvalue weighted by molar-refractivity contribution is 7.89. The number of β-amino-alcohol motifs (C(OH)–C–C–N with tert-alkyl or cyclic N) is 1. The molecule has 0 spiro atoms. The molecule has 10 N–H and O–H groups in total. The normalized spacial score (nSPS) is 26.7.